The van der Waals surface area contributed by atoms with Crippen molar-refractivity contribution in [2.75, 3.05) is 26.3 Å². The normalized spacial score (nSPS) is 32.0. The fourth-order valence-electron chi connectivity index (χ4n) is 7.24. The van der Waals surface area contributed by atoms with E-state index in [0.29, 0.717) is 38.8 Å². The number of ether oxygens (including phenoxy) is 2. The van der Waals surface area contributed by atoms with Crippen LogP contribution < -0.4 is 5.32 Å². The van der Waals surface area contributed by atoms with Gasteiger partial charge < -0.3 is 29.7 Å². The molecule has 7 atom stereocenters. The highest BCUT2D eigenvalue weighted by molar-refractivity contribution is 5.99. The van der Waals surface area contributed by atoms with Crippen molar-refractivity contribution in [3.8, 4) is 0 Å². The molecular formula is C34H45N3O7. The first-order valence-electron chi connectivity index (χ1n) is 16.1. The van der Waals surface area contributed by atoms with Gasteiger partial charge in [0.15, 0.2) is 0 Å². The summed E-state index contributed by atoms with van der Waals surface area (Å²) in [7, 11) is 0. The van der Waals surface area contributed by atoms with Crippen molar-refractivity contribution >= 4 is 23.7 Å². The second-order valence-electron chi connectivity index (χ2n) is 12.3. The van der Waals surface area contributed by atoms with Crippen molar-refractivity contribution in [2.45, 2.75) is 88.6 Å². The molecule has 10 heteroatoms. The third kappa shape index (κ3) is 6.19. The van der Waals surface area contributed by atoms with E-state index in [4.69, 9.17) is 9.47 Å². The number of aliphatic hydroxyl groups excluding tert-OH is 1. The predicted octanol–water partition coefficient (Wildman–Crippen LogP) is 3.07. The van der Waals surface area contributed by atoms with E-state index < -0.39 is 35.6 Å². The number of benzene rings is 1. The quantitative estimate of drug-likeness (QED) is 0.251. The van der Waals surface area contributed by atoms with Crippen LogP contribution >= 0.6 is 0 Å². The minimum atomic E-state index is -1.32. The Labute approximate surface area is 259 Å². The molecule has 2 saturated heterocycles. The maximum absolute atomic E-state index is 14.5. The number of unbranched alkanes of at least 4 members (excludes halogenated alkanes) is 2. The van der Waals surface area contributed by atoms with Gasteiger partial charge in [-0.1, -0.05) is 68.0 Å². The van der Waals surface area contributed by atoms with Gasteiger partial charge in [0.05, 0.1) is 24.0 Å². The number of carbonyl (C=O) groups excluding carboxylic acids is 4. The first kappa shape index (κ1) is 31.9. The summed E-state index contributed by atoms with van der Waals surface area (Å²) in [5.41, 5.74) is -0.546. The zero-order valence-corrected chi connectivity index (χ0v) is 25.7. The minimum absolute atomic E-state index is 0.0281. The molecule has 0 aromatic heterocycles. The van der Waals surface area contributed by atoms with Crippen LogP contribution in [0.1, 0.15) is 70.4 Å². The van der Waals surface area contributed by atoms with Gasteiger partial charge in [0.1, 0.15) is 18.2 Å². The maximum Gasteiger partial charge on any atom is 0.306 e. The smallest absolute Gasteiger partial charge is 0.306 e. The van der Waals surface area contributed by atoms with Crippen LogP contribution in [-0.4, -0.2) is 88.7 Å². The lowest BCUT2D eigenvalue weighted by Gasteiger charge is -2.37. The van der Waals surface area contributed by atoms with E-state index in [-0.39, 0.29) is 49.4 Å². The van der Waals surface area contributed by atoms with Crippen LogP contribution in [0, 0.1) is 11.8 Å². The van der Waals surface area contributed by atoms with Crippen LogP contribution in [-0.2, 0) is 28.7 Å². The van der Waals surface area contributed by atoms with Gasteiger partial charge in [-0.25, -0.2) is 0 Å². The molecule has 3 amide bonds. The lowest BCUT2D eigenvalue weighted by molar-refractivity contribution is -0.149. The zero-order valence-electron chi connectivity index (χ0n) is 25.7. The molecule has 4 aliphatic heterocycles. The van der Waals surface area contributed by atoms with Gasteiger partial charge in [-0.05, 0) is 44.6 Å². The van der Waals surface area contributed by atoms with Crippen molar-refractivity contribution in [3.05, 3.63) is 60.2 Å². The number of hydrogen-bond donors (Lipinski definition) is 2. The molecule has 1 aromatic carbocycles. The molecule has 44 heavy (non-hydrogen) atoms. The van der Waals surface area contributed by atoms with Gasteiger partial charge in [-0.3, -0.25) is 19.2 Å². The van der Waals surface area contributed by atoms with Crippen molar-refractivity contribution in [3.63, 3.8) is 0 Å². The van der Waals surface area contributed by atoms with Gasteiger partial charge in [-0.15, -0.1) is 0 Å². The molecule has 1 aromatic rings. The summed E-state index contributed by atoms with van der Waals surface area (Å²) in [6, 6.07) is 7.74. The minimum Gasteiger partial charge on any atom is -0.463 e. The van der Waals surface area contributed by atoms with Gasteiger partial charge >= 0.3 is 5.97 Å². The highest BCUT2D eigenvalue weighted by atomic mass is 16.5. The second-order valence-corrected chi connectivity index (χ2v) is 12.3. The van der Waals surface area contributed by atoms with Crippen molar-refractivity contribution in [1.82, 2.24) is 15.1 Å². The summed E-state index contributed by atoms with van der Waals surface area (Å²) in [6.07, 6.45) is 10.8. The Morgan fingerprint density at radius 2 is 1.86 bits per heavy atom. The average Bonchev–Trinajstić information content (AvgIpc) is 3.39. The Bertz CT molecular complexity index is 1270. The molecule has 0 radical (unpaired) electrons. The molecule has 238 valence electrons. The van der Waals surface area contributed by atoms with Crippen LogP contribution in [0.3, 0.4) is 0 Å². The van der Waals surface area contributed by atoms with E-state index in [2.05, 4.69) is 12.2 Å². The van der Waals surface area contributed by atoms with Crippen LogP contribution in [0.25, 0.3) is 0 Å². The molecule has 0 bridgehead atoms. The van der Waals surface area contributed by atoms with E-state index in [1.54, 1.807) is 17.1 Å². The molecule has 0 aliphatic carbocycles. The molecule has 2 fully saturated rings. The third-order valence-corrected chi connectivity index (χ3v) is 9.39. The fourth-order valence-corrected chi connectivity index (χ4v) is 7.24. The lowest BCUT2D eigenvalue weighted by Crippen LogP contribution is -2.56. The standard InChI is InChI=1S/C34H45N3O7/c1-3-13-23(2)36-20-12-18-34-29(32(41)37(30(34)33(36)42)19-10-5-11-21-38)28-26(44-34)16-8-9-17-27(39)43-22-25(35-31(28)40)24-14-6-4-7-15-24/h4,6-8,12,14-16,18,23,25-26,28-30,38H,3,5,9-11,13,17,19-22H2,1-2H3,(H,35,40)/b16-8-/t23?,25-,26+,28-,29-,30+,34-/m0/s1. The topological polar surface area (TPSA) is 125 Å². The SMILES string of the molecule is CCCC(C)N1CC=C[C@]23O[C@@H]4/C=C\CCC(=O)OC[C@@H](c5ccccc5)NC(=O)[C@@H]4[C@H]2C(=O)N(CCCCCO)[C@@H]3C1=O. The van der Waals surface area contributed by atoms with E-state index in [0.717, 1.165) is 18.4 Å². The Kier molecular flexibility index (Phi) is 10.2. The number of amides is 3. The molecule has 1 unspecified atom stereocenters. The summed E-state index contributed by atoms with van der Waals surface area (Å²) >= 11 is 0. The predicted molar refractivity (Wildman–Crippen MR) is 163 cm³/mol. The summed E-state index contributed by atoms with van der Waals surface area (Å²) < 4.78 is 12.3. The number of hydrogen-bond acceptors (Lipinski definition) is 7. The van der Waals surface area contributed by atoms with Crippen LogP contribution in [0.4, 0.5) is 0 Å². The molecule has 0 saturated carbocycles. The number of esters is 1. The van der Waals surface area contributed by atoms with E-state index in [9.17, 15) is 24.3 Å². The average molecular weight is 608 g/mol. The van der Waals surface area contributed by atoms with E-state index in [1.165, 1.54) is 0 Å². The van der Waals surface area contributed by atoms with Crippen LogP contribution in [0.5, 0.6) is 0 Å². The molecule has 5 rings (SSSR count). The first-order chi connectivity index (χ1) is 21.3. The van der Waals surface area contributed by atoms with Gasteiger partial charge in [-0.2, -0.15) is 0 Å². The van der Waals surface area contributed by atoms with Gasteiger partial charge in [0, 0.05) is 32.2 Å². The highest BCUT2D eigenvalue weighted by Crippen LogP contribution is 2.53. The van der Waals surface area contributed by atoms with Crippen molar-refractivity contribution in [2.24, 2.45) is 11.8 Å². The maximum atomic E-state index is 14.5. The summed E-state index contributed by atoms with van der Waals surface area (Å²) in [5, 5.41) is 12.4. The number of nitrogens with one attached hydrogen (secondary N) is 1. The Morgan fingerprint density at radius 3 is 2.61 bits per heavy atom. The molecule has 1 spiro atoms. The van der Waals surface area contributed by atoms with Crippen LogP contribution in [0.2, 0.25) is 0 Å². The Hall–Kier alpha value is -3.50. The van der Waals surface area contributed by atoms with Crippen LogP contribution in [0.15, 0.2) is 54.6 Å². The Morgan fingerprint density at radius 1 is 1.07 bits per heavy atom. The van der Waals surface area contributed by atoms with E-state index in [1.807, 2.05) is 54.3 Å². The number of likely N-dealkylation sites (tertiary alicyclic amines) is 1. The molecular weight excluding hydrogens is 562 g/mol. The highest BCUT2D eigenvalue weighted by Gasteiger charge is 2.71. The lowest BCUT2D eigenvalue weighted by atomic mass is 9.77. The molecule has 4 heterocycles. The van der Waals surface area contributed by atoms with Crippen molar-refractivity contribution < 1.29 is 33.8 Å². The Balaban J connectivity index is 1.55. The van der Waals surface area contributed by atoms with E-state index >= 15 is 0 Å². The zero-order chi connectivity index (χ0) is 31.3. The number of rotatable bonds is 9. The summed E-state index contributed by atoms with van der Waals surface area (Å²) in [6.45, 7) is 4.86. The number of aliphatic hydroxyl groups is 1. The first-order valence-corrected chi connectivity index (χ1v) is 16.1. The number of allylic oxidation sites excluding steroid dienone is 1. The molecule has 2 N–H and O–H groups in total. The molecule has 10 nitrogen and oxygen atoms in total. The fraction of sp³-hybridized carbons (Fsp3) is 0.588. The summed E-state index contributed by atoms with van der Waals surface area (Å²) in [4.78, 5) is 59.1. The molecule has 4 aliphatic rings. The van der Waals surface area contributed by atoms with Gasteiger partial charge in [0.25, 0.3) is 0 Å². The number of nitrogens with zero attached hydrogens (tertiary/aromatic N) is 2. The number of carbonyl (C=O) groups is 4. The largest absolute Gasteiger partial charge is 0.463 e. The monoisotopic (exact) mass is 607 g/mol. The second kappa shape index (κ2) is 14.1. The van der Waals surface area contributed by atoms with Crippen molar-refractivity contribution in [1.29, 1.82) is 0 Å². The third-order valence-electron chi connectivity index (χ3n) is 9.39. The summed E-state index contributed by atoms with van der Waals surface area (Å²) in [5.74, 6) is -3.01. The number of fused-ring (bicyclic) bond motifs is 2. The number of cyclic esters (lactones) is 1. The van der Waals surface area contributed by atoms with Gasteiger partial charge in [0.2, 0.25) is 17.7 Å².